The fraction of sp³-hybridized carbons (Fsp3) is 0.316. The van der Waals surface area contributed by atoms with Crippen molar-refractivity contribution >= 4 is 33.2 Å². The summed E-state index contributed by atoms with van der Waals surface area (Å²) < 4.78 is 32.9. The molecule has 1 N–H and O–H groups in total. The number of benzene rings is 2. The predicted octanol–water partition coefficient (Wildman–Crippen LogP) is 3.78. The van der Waals surface area contributed by atoms with Crippen LogP contribution in [0, 0.1) is 0 Å². The van der Waals surface area contributed by atoms with E-state index in [1.54, 1.807) is 37.3 Å². The van der Waals surface area contributed by atoms with Gasteiger partial charge in [-0.3, -0.25) is 4.79 Å². The molecule has 0 unspecified atom stereocenters. The van der Waals surface area contributed by atoms with Crippen molar-refractivity contribution in [2.24, 2.45) is 0 Å². The zero-order chi connectivity index (χ0) is 19.4. The second-order valence-corrected chi connectivity index (χ2v) is 8.45. The molecule has 0 atom stereocenters. The zero-order valence-electron chi connectivity index (χ0n) is 14.9. The number of rotatable bonds is 6. The van der Waals surface area contributed by atoms with Gasteiger partial charge in [0.25, 0.3) is 5.91 Å². The summed E-state index contributed by atoms with van der Waals surface area (Å²) in [5.41, 5.74) is 0.679. The standard InChI is InChI=1S/C19H21ClN2O4S/c1-2-26-17-10-9-14(19(23)21-16-8-4-3-7-15(16)20)13-18(17)27(24,25)22-11-5-6-12-22/h3-4,7-10,13H,2,5-6,11-12H2,1H3,(H,21,23). The highest BCUT2D eigenvalue weighted by molar-refractivity contribution is 7.89. The van der Waals surface area contributed by atoms with E-state index < -0.39 is 15.9 Å². The molecule has 1 heterocycles. The second kappa shape index (κ2) is 8.29. The number of hydrogen-bond acceptors (Lipinski definition) is 4. The van der Waals surface area contributed by atoms with Crippen molar-refractivity contribution in [1.82, 2.24) is 4.31 Å². The van der Waals surface area contributed by atoms with E-state index in [-0.39, 0.29) is 16.2 Å². The summed E-state index contributed by atoms with van der Waals surface area (Å²) in [5.74, 6) is -0.192. The highest BCUT2D eigenvalue weighted by atomic mass is 35.5. The number of amides is 1. The first-order valence-electron chi connectivity index (χ1n) is 8.76. The van der Waals surface area contributed by atoms with Gasteiger partial charge in [-0.05, 0) is 50.1 Å². The Bertz CT molecular complexity index is 940. The maximum Gasteiger partial charge on any atom is 0.255 e. The van der Waals surface area contributed by atoms with Crippen molar-refractivity contribution in [2.75, 3.05) is 25.0 Å². The molecule has 0 spiro atoms. The third-order valence-corrected chi connectivity index (χ3v) is 6.56. The topological polar surface area (TPSA) is 75.7 Å². The van der Waals surface area contributed by atoms with Crippen molar-refractivity contribution in [1.29, 1.82) is 0 Å². The van der Waals surface area contributed by atoms with Crippen LogP contribution in [0.25, 0.3) is 0 Å². The van der Waals surface area contributed by atoms with Crippen molar-refractivity contribution in [3.8, 4) is 5.75 Å². The van der Waals surface area contributed by atoms with E-state index in [0.717, 1.165) is 12.8 Å². The molecule has 8 heteroatoms. The van der Waals surface area contributed by atoms with Crippen LogP contribution in [0.2, 0.25) is 5.02 Å². The molecule has 0 saturated carbocycles. The van der Waals surface area contributed by atoms with Gasteiger partial charge in [-0.15, -0.1) is 0 Å². The molecule has 144 valence electrons. The molecule has 0 radical (unpaired) electrons. The third kappa shape index (κ3) is 4.26. The smallest absolute Gasteiger partial charge is 0.255 e. The molecule has 6 nitrogen and oxygen atoms in total. The molecule has 0 bridgehead atoms. The van der Waals surface area contributed by atoms with Gasteiger partial charge in [-0.2, -0.15) is 4.31 Å². The number of nitrogens with zero attached hydrogens (tertiary/aromatic N) is 1. The fourth-order valence-electron chi connectivity index (χ4n) is 2.95. The van der Waals surface area contributed by atoms with E-state index in [4.69, 9.17) is 16.3 Å². The van der Waals surface area contributed by atoms with Gasteiger partial charge in [0.15, 0.2) is 0 Å². The van der Waals surface area contributed by atoms with Crippen LogP contribution in [0.5, 0.6) is 5.75 Å². The van der Waals surface area contributed by atoms with Gasteiger partial charge in [-0.1, -0.05) is 23.7 Å². The summed E-state index contributed by atoms with van der Waals surface area (Å²) in [6.45, 7) is 3.06. The van der Waals surface area contributed by atoms with Gasteiger partial charge in [0.2, 0.25) is 10.0 Å². The third-order valence-electron chi connectivity index (χ3n) is 4.31. The number of carbonyl (C=O) groups is 1. The maximum atomic E-state index is 13.0. The minimum absolute atomic E-state index is 0.0121. The Balaban J connectivity index is 1.95. The minimum atomic E-state index is -3.73. The minimum Gasteiger partial charge on any atom is -0.492 e. The average molecular weight is 409 g/mol. The van der Waals surface area contributed by atoms with Crippen LogP contribution >= 0.6 is 11.6 Å². The fourth-order valence-corrected chi connectivity index (χ4v) is 4.81. The lowest BCUT2D eigenvalue weighted by Gasteiger charge is -2.19. The number of carbonyl (C=O) groups excluding carboxylic acids is 1. The number of para-hydroxylation sites is 1. The molecule has 3 rings (SSSR count). The molecule has 1 aliphatic rings. The summed E-state index contributed by atoms with van der Waals surface area (Å²) in [5, 5.41) is 3.11. The van der Waals surface area contributed by atoms with Crippen LogP contribution in [0.3, 0.4) is 0 Å². The molecule has 0 aromatic heterocycles. The quantitative estimate of drug-likeness (QED) is 0.789. The molecule has 27 heavy (non-hydrogen) atoms. The van der Waals surface area contributed by atoms with E-state index in [2.05, 4.69) is 5.32 Å². The molecule has 1 saturated heterocycles. The predicted molar refractivity (Wildman–Crippen MR) is 105 cm³/mol. The van der Waals surface area contributed by atoms with E-state index in [0.29, 0.717) is 30.4 Å². The van der Waals surface area contributed by atoms with Crippen LogP contribution in [0.4, 0.5) is 5.69 Å². The maximum absolute atomic E-state index is 13.0. The van der Waals surface area contributed by atoms with E-state index in [1.807, 2.05) is 0 Å². The van der Waals surface area contributed by atoms with Gasteiger partial charge >= 0.3 is 0 Å². The molecular weight excluding hydrogens is 388 g/mol. The zero-order valence-corrected chi connectivity index (χ0v) is 16.5. The van der Waals surface area contributed by atoms with Crippen LogP contribution in [-0.2, 0) is 10.0 Å². The number of nitrogens with one attached hydrogen (secondary N) is 1. The monoisotopic (exact) mass is 408 g/mol. The van der Waals surface area contributed by atoms with Crippen molar-refractivity contribution in [2.45, 2.75) is 24.7 Å². The van der Waals surface area contributed by atoms with Crippen molar-refractivity contribution in [3.63, 3.8) is 0 Å². The molecule has 1 fully saturated rings. The Morgan fingerprint density at radius 2 is 1.89 bits per heavy atom. The molecule has 2 aromatic rings. The largest absolute Gasteiger partial charge is 0.492 e. The van der Waals surface area contributed by atoms with Gasteiger partial charge in [-0.25, -0.2) is 8.42 Å². The molecule has 1 amide bonds. The van der Waals surface area contributed by atoms with Crippen LogP contribution in [0.1, 0.15) is 30.1 Å². The molecular formula is C19H21ClN2O4S. The number of ether oxygens (including phenoxy) is 1. The Morgan fingerprint density at radius 1 is 1.19 bits per heavy atom. The molecule has 2 aromatic carbocycles. The Hall–Kier alpha value is -2.09. The number of hydrogen-bond donors (Lipinski definition) is 1. The van der Waals surface area contributed by atoms with Gasteiger partial charge in [0, 0.05) is 18.7 Å². The first kappa shape index (κ1) is 19.7. The summed E-state index contributed by atoms with van der Waals surface area (Å²) >= 11 is 6.07. The lowest BCUT2D eigenvalue weighted by atomic mass is 10.2. The summed E-state index contributed by atoms with van der Waals surface area (Å²) in [6.07, 6.45) is 1.66. The van der Waals surface area contributed by atoms with Crippen LogP contribution < -0.4 is 10.1 Å². The second-order valence-electron chi connectivity index (χ2n) is 6.14. The highest BCUT2D eigenvalue weighted by Crippen LogP contribution is 2.30. The van der Waals surface area contributed by atoms with Crippen molar-refractivity contribution < 1.29 is 17.9 Å². The Morgan fingerprint density at radius 3 is 2.56 bits per heavy atom. The summed E-state index contributed by atoms with van der Waals surface area (Å²) in [4.78, 5) is 12.6. The highest BCUT2D eigenvalue weighted by Gasteiger charge is 2.30. The molecule has 0 aliphatic carbocycles. The number of anilines is 1. The van der Waals surface area contributed by atoms with E-state index in [9.17, 15) is 13.2 Å². The Kier molecular flexibility index (Phi) is 6.04. The van der Waals surface area contributed by atoms with Crippen molar-refractivity contribution in [3.05, 3.63) is 53.1 Å². The van der Waals surface area contributed by atoms with Crippen LogP contribution in [-0.4, -0.2) is 38.3 Å². The van der Waals surface area contributed by atoms with Crippen LogP contribution in [0.15, 0.2) is 47.4 Å². The van der Waals surface area contributed by atoms with Gasteiger partial charge < -0.3 is 10.1 Å². The van der Waals surface area contributed by atoms with E-state index >= 15 is 0 Å². The first-order valence-corrected chi connectivity index (χ1v) is 10.6. The average Bonchev–Trinajstić information content (AvgIpc) is 3.19. The SMILES string of the molecule is CCOc1ccc(C(=O)Nc2ccccc2Cl)cc1S(=O)(=O)N1CCCC1. The number of halogens is 1. The lowest BCUT2D eigenvalue weighted by molar-refractivity contribution is 0.102. The molecule has 1 aliphatic heterocycles. The number of sulfonamides is 1. The van der Waals surface area contributed by atoms with Gasteiger partial charge in [0.1, 0.15) is 10.6 Å². The van der Waals surface area contributed by atoms with Gasteiger partial charge in [0.05, 0.1) is 17.3 Å². The first-order chi connectivity index (χ1) is 12.9. The van der Waals surface area contributed by atoms with E-state index in [1.165, 1.54) is 16.4 Å². The summed E-state index contributed by atoms with van der Waals surface area (Å²) in [6, 6.07) is 11.3. The lowest BCUT2D eigenvalue weighted by Crippen LogP contribution is -2.28. The normalized spacial score (nSPS) is 14.9. The summed E-state index contributed by atoms with van der Waals surface area (Å²) in [7, 11) is -3.73. The Labute approximate surface area is 164 Å².